The maximum absolute atomic E-state index is 12.8. The number of esters is 1. The van der Waals surface area contributed by atoms with Gasteiger partial charge in [-0.15, -0.1) is 0 Å². The summed E-state index contributed by atoms with van der Waals surface area (Å²) in [5.41, 5.74) is 1.79. The monoisotopic (exact) mass is 321 g/mol. The van der Waals surface area contributed by atoms with Gasteiger partial charge in [0.1, 0.15) is 11.4 Å². The summed E-state index contributed by atoms with van der Waals surface area (Å²) in [5.74, 6) is -0.353. The first-order valence-corrected chi connectivity index (χ1v) is 6.91. The zero-order valence-electron chi connectivity index (χ0n) is 12.8. The van der Waals surface area contributed by atoms with Crippen LogP contribution in [0.2, 0.25) is 5.02 Å². The van der Waals surface area contributed by atoms with Gasteiger partial charge in [-0.3, -0.25) is 4.79 Å². The molecule has 0 amide bonds. The summed E-state index contributed by atoms with van der Waals surface area (Å²) in [6.07, 6.45) is 0. The Kier molecular flexibility index (Phi) is 4.56. The average Bonchev–Trinajstić information content (AvgIpc) is 2.80. The molecule has 0 aliphatic rings. The number of benzene rings is 1. The number of aryl methyl sites for hydroxylation is 1. The number of hydrogen-bond donors (Lipinski definition) is 0. The normalized spacial score (nSPS) is 10.4. The van der Waals surface area contributed by atoms with Crippen LogP contribution in [0.25, 0.3) is 0 Å². The lowest BCUT2D eigenvalue weighted by molar-refractivity contribution is 0.0590. The first-order chi connectivity index (χ1) is 10.4. The zero-order chi connectivity index (χ0) is 16.4. The molecule has 0 saturated heterocycles. The lowest BCUT2D eigenvalue weighted by Crippen LogP contribution is -2.14. The second-order valence-corrected chi connectivity index (χ2v) is 5.22. The molecule has 6 heteroatoms. The Hall–Kier alpha value is -2.27. The van der Waals surface area contributed by atoms with Crippen LogP contribution in [0.15, 0.2) is 24.3 Å². The standard InChI is InChI=1S/C16H16ClNO4/c1-9-7-12(16(20)22-4)18(2)14(9)15(19)11-6-5-10(17)8-13(11)21-3/h5-8H,1-4H3. The number of ketones is 1. The van der Waals surface area contributed by atoms with Crippen LogP contribution < -0.4 is 4.74 Å². The summed E-state index contributed by atoms with van der Waals surface area (Å²) in [4.78, 5) is 24.5. The van der Waals surface area contributed by atoms with Crippen molar-refractivity contribution < 1.29 is 19.1 Å². The van der Waals surface area contributed by atoms with Gasteiger partial charge in [-0.2, -0.15) is 0 Å². The SMILES string of the molecule is COC(=O)c1cc(C)c(C(=O)c2ccc(Cl)cc2OC)n1C. The average molecular weight is 322 g/mol. The van der Waals surface area contributed by atoms with E-state index in [2.05, 4.69) is 0 Å². The van der Waals surface area contributed by atoms with Crippen molar-refractivity contribution >= 4 is 23.4 Å². The molecule has 0 fully saturated rings. The summed E-state index contributed by atoms with van der Waals surface area (Å²) in [7, 11) is 4.42. The molecule has 1 heterocycles. The maximum Gasteiger partial charge on any atom is 0.354 e. The second kappa shape index (κ2) is 6.23. The van der Waals surface area contributed by atoms with Crippen molar-refractivity contribution in [3.8, 4) is 5.75 Å². The summed E-state index contributed by atoms with van der Waals surface area (Å²) in [5, 5.41) is 0.479. The van der Waals surface area contributed by atoms with Crippen molar-refractivity contribution in [2.75, 3.05) is 14.2 Å². The third-order valence-corrected chi connectivity index (χ3v) is 3.68. The van der Waals surface area contributed by atoms with Crippen LogP contribution in [-0.2, 0) is 11.8 Å². The molecule has 116 valence electrons. The number of ether oxygens (including phenoxy) is 2. The molecule has 1 aromatic heterocycles. The Morgan fingerprint density at radius 2 is 1.86 bits per heavy atom. The molecule has 0 unspecified atom stereocenters. The van der Waals surface area contributed by atoms with E-state index < -0.39 is 5.97 Å². The van der Waals surface area contributed by atoms with Crippen LogP contribution in [0, 0.1) is 6.92 Å². The van der Waals surface area contributed by atoms with Gasteiger partial charge in [0.15, 0.2) is 0 Å². The zero-order valence-corrected chi connectivity index (χ0v) is 13.5. The minimum absolute atomic E-state index is 0.247. The van der Waals surface area contributed by atoms with Gasteiger partial charge in [0, 0.05) is 12.1 Å². The van der Waals surface area contributed by atoms with E-state index >= 15 is 0 Å². The minimum atomic E-state index is -0.493. The van der Waals surface area contributed by atoms with Crippen LogP contribution in [0.4, 0.5) is 0 Å². The van der Waals surface area contributed by atoms with Crippen molar-refractivity contribution in [2.45, 2.75) is 6.92 Å². The first-order valence-electron chi connectivity index (χ1n) is 6.53. The van der Waals surface area contributed by atoms with Gasteiger partial charge >= 0.3 is 5.97 Å². The second-order valence-electron chi connectivity index (χ2n) is 4.79. The Bertz CT molecular complexity index is 749. The van der Waals surface area contributed by atoms with E-state index in [1.165, 1.54) is 18.8 Å². The lowest BCUT2D eigenvalue weighted by atomic mass is 10.0. The van der Waals surface area contributed by atoms with Crippen molar-refractivity contribution in [1.82, 2.24) is 4.57 Å². The van der Waals surface area contributed by atoms with Crippen molar-refractivity contribution in [3.05, 3.63) is 51.8 Å². The van der Waals surface area contributed by atoms with Crippen molar-refractivity contribution in [3.63, 3.8) is 0 Å². The molecule has 5 nitrogen and oxygen atoms in total. The van der Waals surface area contributed by atoms with E-state index in [9.17, 15) is 9.59 Å². The third-order valence-electron chi connectivity index (χ3n) is 3.44. The fourth-order valence-electron chi connectivity index (χ4n) is 2.37. The van der Waals surface area contributed by atoms with Gasteiger partial charge in [0.25, 0.3) is 0 Å². The maximum atomic E-state index is 12.8. The van der Waals surface area contributed by atoms with Gasteiger partial charge in [0.2, 0.25) is 5.78 Å². The summed E-state index contributed by atoms with van der Waals surface area (Å²) in [6, 6.07) is 6.43. The number of carbonyl (C=O) groups is 2. The number of carbonyl (C=O) groups excluding carboxylic acids is 2. The topological polar surface area (TPSA) is 57.5 Å². The molecule has 22 heavy (non-hydrogen) atoms. The molecule has 0 aliphatic carbocycles. The first kappa shape index (κ1) is 16.1. The van der Waals surface area contributed by atoms with Crippen LogP contribution >= 0.6 is 11.6 Å². The predicted molar refractivity (Wildman–Crippen MR) is 82.9 cm³/mol. The highest BCUT2D eigenvalue weighted by atomic mass is 35.5. The molecule has 2 aromatic rings. The smallest absolute Gasteiger partial charge is 0.354 e. The fraction of sp³-hybridized carbons (Fsp3) is 0.250. The quantitative estimate of drug-likeness (QED) is 0.641. The molecule has 1 aromatic carbocycles. The Balaban J connectivity index is 2.55. The molecule has 0 atom stereocenters. The van der Waals surface area contributed by atoms with Crippen molar-refractivity contribution in [2.24, 2.45) is 7.05 Å². The van der Waals surface area contributed by atoms with E-state index in [0.717, 1.165) is 0 Å². The molecule has 0 aliphatic heterocycles. The van der Waals surface area contributed by atoms with Gasteiger partial charge < -0.3 is 14.0 Å². The molecule has 0 N–H and O–H groups in total. The van der Waals surface area contributed by atoms with Gasteiger partial charge in [-0.1, -0.05) is 11.6 Å². The molecule has 2 rings (SSSR count). The van der Waals surface area contributed by atoms with E-state index in [4.69, 9.17) is 21.1 Å². The van der Waals surface area contributed by atoms with Gasteiger partial charge in [-0.25, -0.2) is 4.79 Å². The molecule has 0 radical (unpaired) electrons. The molecular weight excluding hydrogens is 306 g/mol. The summed E-state index contributed by atoms with van der Waals surface area (Å²) >= 11 is 5.92. The number of nitrogens with zero attached hydrogens (tertiary/aromatic N) is 1. The van der Waals surface area contributed by atoms with Gasteiger partial charge in [0.05, 0.1) is 25.5 Å². The van der Waals surface area contributed by atoms with Crippen molar-refractivity contribution in [1.29, 1.82) is 0 Å². The van der Waals surface area contributed by atoms with E-state index in [1.807, 2.05) is 0 Å². The highest BCUT2D eigenvalue weighted by Gasteiger charge is 2.24. The Labute approximate surface area is 133 Å². The lowest BCUT2D eigenvalue weighted by Gasteiger charge is -2.10. The molecule has 0 spiro atoms. The third kappa shape index (κ3) is 2.72. The fourth-order valence-corrected chi connectivity index (χ4v) is 2.53. The summed E-state index contributed by atoms with van der Waals surface area (Å²) < 4.78 is 11.5. The number of hydrogen-bond acceptors (Lipinski definition) is 4. The molecule has 0 saturated carbocycles. The van der Waals surface area contributed by atoms with E-state index in [0.29, 0.717) is 33.3 Å². The number of aromatic nitrogens is 1. The highest BCUT2D eigenvalue weighted by Crippen LogP contribution is 2.27. The van der Waals surface area contributed by atoms with Crippen LogP contribution in [0.3, 0.4) is 0 Å². The van der Waals surface area contributed by atoms with Crippen LogP contribution in [-0.4, -0.2) is 30.5 Å². The highest BCUT2D eigenvalue weighted by molar-refractivity contribution is 6.31. The minimum Gasteiger partial charge on any atom is -0.496 e. The summed E-state index contributed by atoms with van der Waals surface area (Å²) in [6.45, 7) is 1.77. The molecule has 0 bridgehead atoms. The van der Waals surface area contributed by atoms with E-state index in [-0.39, 0.29) is 5.78 Å². The Morgan fingerprint density at radius 1 is 1.18 bits per heavy atom. The largest absolute Gasteiger partial charge is 0.496 e. The van der Waals surface area contributed by atoms with E-state index in [1.54, 1.807) is 38.2 Å². The number of halogens is 1. The van der Waals surface area contributed by atoms with Crippen LogP contribution in [0.5, 0.6) is 5.75 Å². The van der Waals surface area contributed by atoms with Gasteiger partial charge in [-0.05, 0) is 36.8 Å². The predicted octanol–water partition coefficient (Wildman–Crippen LogP) is 3.01. The van der Waals surface area contributed by atoms with Crippen LogP contribution in [0.1, 0.15) is 32.1 Å². The Morgan fingerprint density at radius 3 is 2.45 bits per heavy atom. The number of methoxy groups -OCH3 is 2. The molecular formula is C16H16ClNO4. The number of rotatable bonds is 4.